The number of fused-ring (bicyclic) bond motifs is 1. The van der Waals surface area contributed by atoms with Crippen LogP contribution in [-0.4, -0.2) is 36.7 Å². The summed E-state index contributed by atoms with van der Waals surface area (Å²) in [6.45, 7) is 0.104. The second-order valence-electron chi connectivity index (χ2n) is 4.37. The number of carbonyl (C=O) groups is 2. The number of hydrogen-bond acceptors (Lipinski definition) is 4. The number of carboxylic acid groups (broad SMARTS) is 1. The van der Waals surface area contributed by atoms with E-state index in [-0.39, 0.29) is 32.1 Å². The molecule has 5 nitrogen and oxygen atoms in total. The van der Waals surface area contributed by atoms with Crippen molar-refractivity contribution in [3.05, 3.63) is 34.2 Å². The van der Waals surface area contributed by atoms with E-state index >= 15 is 0 Å². The van der Waals surface area contributed by atoms with E-state index < -0.39 is 5.97 Å². The first-order valence-electron chi connectivity index (χ1n) is 6.28. The number of carbonyl (C=O) groups excluding carboxylic acids is 1. The third-order valence-corrected chi connectivity index (χ3v) is 4.01. The van der Waals surface area contributed by atoms with Crippen molar-refractivity contribution < 1.29 is 19.4 Å². The highest BCUT2D eigenvalue weighted by molar-refractivity contribution is 7.17. The summed E-state index contributed by atoms with van der Waals surface area (Å²) in [7, 11) is 0. The van der Waals surface area contributed by atoms with Gasteiger partial charge in [0.15, 0.2) is 0 Å². The van der Waals surface area contributed by atoms with Crippen LogP contribution < -0.4 is 5.32 Å². The molecule has 21 heavy (non-hydrogen) atoms. The Hall–Kier alpha value is -1.63. The van der Waals surface area contributed by atoms with E-state index in [2.05, 4.69) is 5.32 Å². The summed E-state index contributed by atoms with van der Waals surface area (Å²) in [6.07, 6.45) is 0.263. The number of aliphatic carboxylic acids is 1. The summed E-state index contributed by atoms with van der Waals surface area (Å²) in [5.41, 5.74) is 0.932. The van der Waals surface area contributed by atoms with Crippen LogP contribution in [0.2, 0.25) is 5.02 Å². The molecule has 2 N–H and O–H groups in total. The molecule has 0 aliphatic rings. The maximum absolute atomic E-state index is 11.8. The molecule has 0 saturated heterocycles. The van der Waals surface area contributed by atoms with Crippen molar-refractivity contribution in [1.82, 2.24) is 5.32 Å². The zero-order valence-electron chi connectivity index (χ0n) is 11.1. The Bertz CT molecular complexity index is 655. The molecule has 112 valence electrons. The Labute approximate surface area is 130 Å². The van der Waals surface area contributed by atoms with Crippen molar-refractivity contribution in [2.45, 2.75) is 6.42 Å². The summed E-state index contributed by atoms with van der Waals surface area (Å²) < 4.78 is 5.93. The number of nitrogens with one attached hydrogen (secondary N) is 1. The molecule has 2 rings (SSSR count). The van der Waals surface area contributed by atoms with Crippen LogP contribution in [0.3, 0.4) is 0 Å². The van der Waals surface area contributed by atoms with Crippen molar-refractivity contribution in [3.63, 3.8) is 0 Å². The Morgan fingerprint density at radius 2 is 2.19 bits per heavy atom. The van der Waals surface area contributed by atoms with E-state index in [1.807, 2.05) is 23.6 Å². The summed E-state index contributed by atoms with van der Waals surface area (Å²) in [5, 5.41) is 14.7. The van der Waals surface area contributed by atoms with E-state index in [0.717, 1.165) is 15.6 Å². The number of ether oxygens (including phenoxy) is 1. The molecule has 1 amide bonds. The maximum Gasteiger partial charge on any atom is 0.329 e. The fourth-order valence-electron chi connectivity index (χ4n) is 1.85. The zero-order valence-corrected chi connectivity index (χ0v) is 12.7. The zero-order chi connectivity index (χ0) is 15.2. The van der Waals surface area contributed by atoms with Crippen LogP contribution in [0.4, 0.5) is 0 Å². The molecule has 0 fully saturated rings. The quantitative estimate of drug-likeness (QED) is 0.765. The van der Waals surface area contributed by atoms with Crippen molar-refractivity contribution in [1.29, 1.82) is 0 Å². The van der Waals surface area contributed by atoms with Crippen LogP contribution in [0.15, 0.2) is 23.6 Å². The number of amides is 1. The second kappa shape index (κ2) is 7.40. The minimum Gasteiger partial charge on any atom is -0.480 e. The minimum absolute atomic E-state index is 0.131. The van der Waals surface area contributed by atoms with E-state index in [9.17, 15) is 9.59 Å². The molecule has 1 heterocycles. The van der Waals surface area contributed by atoms with Crippen molar-refractivity contribution >= 4 is 44.9 Å². The van der Waals surface area contributed by atoms with Crippen molar-refractivity contribution in [2.24, 2.45) is 0 Å². The lowest BCUT2D eigenvalue weighted by molar-refractivity contribution is -0.142. The van der Waals surface area contributed by atoms with Gasteiger partial charge >= 0.3 is 5.97 Å². The molecule has 0 radical (unpaired) electrons. The molecule has 0 aliphatic heterocycles. The molecule has 1 aromatic carbocycles. The largest absolute Gasteiger partial charge is 0.480 e. The predicted octanol–water partition coefficient (Wildman–Crippen LogP) is 2.31. The molecule has 0 bridgehead atoms. The first-order chi connectivity index (χ1) is 10.1. The highest BCUT2D eigenvalue weighted by atomic mass is 35.5. The molecule has 7 heteroatoms. The molecule has 0 spiro atoms. The molecular formula is C14H14ClNO4S. The van der Waals surface area contributed by atoms with Crippen LogP contribution in [0.25, 0.3) is 10.1 Å². The number of carboxylic acids is 1. The van der Waals surface area contributed by atoms with Crippen molar-refractivity contribution in [2.75, 3.05) is 19.8 Å². The summed E-state index contributed by atoms with van der Waals surface area (Å²) in [5.74, 6) is -1.16. The summed E-state index contributed by atoms with van der Waals surface area (Å²) >= 11 is 7.54. The monoisotopic (exact) mass is 327 g/mol. The lowest BCUT2D eigenvalue weighted by Gasteiger charge is -2.05. The fourth-order valence-corrected chi connectivity index (χ4v) is 2.96. The minimum atomic E-state index is -1.03. The first kappa shape index (κ1) is 15.8. The number of halogens is 1. The van der Waals surface area contributed by atoms with Gasteiger partial charge in [-0.25, -0.2) is 4.79 Å². The first-order valence-corrected chi connectivity index (χ1v) is 7.54. The lowest BCUT2D eigenvalue weighted by Crippen LogP contribution is -2.29. The highest BCUT2D eigenvalue weighted by Crippen LogP contribution is 2.28. The standard InChI is InChI=1S/C14H14ClNO4S/c15-10-1-2-12-11(6-10)9(8-21-12)5-13(17)16-3-4-20-7-14(18)19/h1-2,6,8H,3-5,7H2,(H,16,17)(H,18,19). The predicted molar refractivity (Wildman–Crippen MR) is 82.0 cm³/mol. The number of rotatable bonds is 7. The Balaban J connectivity index is 1.84. The molecule has 1 aromatic heterocycles. The van der Waals surface area contributed by atoms with E-state index in [4.69, 9.17) is 21.4 Å². The van der Waals surface area contributed by atoms with Gasteiger partial charge in [-0.3, -0.25) is 4.79 Å². The van der Waals surface area contributed by atoms with E-state index in [1.165, 1.54) is 0 Å². The van der Waals surface area contributed by atoms with Crippen molar-refractivity contribution in [3.8, 4) is 0 Å². The summed E-state index contributed by atoms with van der Waals surface area (Å²) in [4.78, 5) is 22.1. The molecule has 2 aromatic rings. The van der Waals surface area contributed by atoms with E-state index in [1.54, 1.807) is 11.3 Å². The second-order valence-corrected chi connectivity index (χ2v) is 5.72. The van der Waals surface area contributed by atoms with Gasteiger partial charge in [-0.15, -0.1) is 11.3 Å². The Kier molecular flexibility index (Phi) is 5.55. The SMILES string of the molecule is O=C(O)COCCNC(=O)Cc1csc2ccc(Cl)cc12. The molecular weight excluding hydrogens is 314 g/mol. The van der Waals surface area contributed by atoms with Crippen LogP contribution in [0, 0.1) is 0 Å². The average molecular weight is 328 g/mol. The van der Waals surface area contributed by atoms with Gasteiger partial charge < -0.3 is 15.2 Å². The fraction of sp³-hybridized carbons (Fsp3) is 0.286. The maximum atomic E-state index is 11.8. The van der Waals surface area contributed by atoms with Gasteiger partial charge in [0.05, 0.1) is 13.0 Å². The molecule has 0 unspecified atom stereocenters. The van der Waals surface area contributed by atoms with E-state index in [0.29, 0.717) is 5.02 Å². The molecule has 0 atom stereocenters. The Morgan fingerprint density at radius 3 is 2.95 bits per heavy atom. The van der Waals surface area contributed by atoms with Gasteiger partial charge in [-0.1, -0.05) is 11.6 Å². The van der Waals surface area contributed by atoms with Gasteiger partial charge in [0.25, 0.3) is 0 Å². The highest BCUT2D eigenvalue weighted by Gasteiger charge is 2.09. The van der Waals surface area contributed by atoms with Gasteiger partial charge in [0, 0.05) is 16.3 Å². The van der Waals surface area contributed by atoms with Gasteiger partial charge in [0.2, 0.25) is 5.91 Å². The molecule has 0 aliphatic carbocycles. The van der Waals surface area contributed by atoms with Crippen LogP contribution in [-0.2, 0) is 20.7 Å². The van der Waals surface area contributed by atoms with Gasteiger partial charge in [-0.2, -0.15) is 0 Å². The average Bonchev–Trinajstić information content (AvgIpc) is 2.80. The normalized spacial score (nSPS) is 10.7. The van der Waals surface area contributed by atoms with Crippen LogP contribution >= 0.6 is 22.9 Å². The third-order valence-electron chi connectivity index (χ3n) is 2.76. The van der Waals surface area contributed by atoms with Gasteiger partial charge in [0.1, 0.15) is 6.61 Å². The number of benzene rings is 1. The number of hydrogen-bond donors (Lipinski definition) is 2. The topological polar surface area (TPSA) is 75.6 Å². The number of thiophene rings is 1. The van der Waals surface area contributed by atoms with Crippen LogP contribution in [0.5, 0.6) is 0 Å². The summed E-state index contributed by atoms with van der Waals surface area (Å²) in [6, 6.07) is 5.61. The van der Waals surface area contributed by atoms with Gasteiger partial charge in [-0.05, 0) is 34.5 Å². The molecule has 0 saturated carbocycles. The Morgan fingerprint density at radius 1 is 1.38 bits per heavy atom. The van der Waals surface area contributed by atoms with Crippen LogP contribution in [0.1, 0.15) is 5.56 Å². The lowest BCUT2D eigenvalue weighted by atomic mass is 10.1. The smallest absolute Gasteiger partial charge is 0.329 e. The third kappa shape index (κ3) is 4.70.